The standard InChI is InChI=1S/C70H45FN2O.C58H36N2O2/c71-64-44-50(46-20-5-1-6-21-46)43-62(48-24-9-3-10-25-48)69(64)73(65-33-17-15-28-54(65)47-22-7-2-8-23-47)53-38-41-57-60-39-36-49-42-52(37-40-55(49)68(60)59-31-14-13-29-56(59)63(57)45-53)72(51-26-11-4-12-27-51)66-34-19-32-61-58-30-16-18-35-67(58)74-70(61)66;1-3-14-38(15-4-1)59(42-29-33-48-46-19-9-11-24-54(46)61-56(48)36-42)41-28-32-45-50-30-26-37-34-40(27-31-43(37)57(50)49-21-8-7-18-44(49)52(45)35-41)60(39-16-5-2-6-17-39)53-23-13-22-51-47-20-10-12-25-55(47)62-58(51)53/h1-45H;1-36H. The highest BCUT2D eigenvalue weighted by Gasteiger charge is 2.30. The molecule has 3 aromatic heterocycles. The lowest BCUT2D eigenvalue weighted by atomic mass is 9.90. The molecule has 136 heavy (non-hydrogen) atoms. The van der Waals surface area contributed by atoms with Gasteiger partial charge in [0.25, 0.3) is 0 Å². The van der Waals surface area contributed by atoms with E-state index in [1.807, 2.05) is 97.1 Å². The maximum atomic E-state index is 17.9. The lowest BCUT2D eigenvalue weighted by Gasteiger charge is -2.31. The van der Waals surface area contributed by atoms with Crippen molar-refractivity contribution >= 4 is 220 Å². The molecule has 27 rings (SSSR count). The number of hydrogen-bond donors (Lipinski definition) is 0. The largest absolute Gasteiger partial charge is 0.456 e. The van der Waals surface area contributed by atoms with Crippen LogP contribution in [0.5, 0.6) is 0 Å². The van der Waals surface area contributed by atoms with E-state index >= 15 is 4.39 Å². The first kappa shape index (κ1) is 78.9. The number of anilines is 12. The Morgan fingerprint density at radius 2 is 0.485 bits per heavy atom. The SMILES string of the molecule is Fc1cc(-c2ccccc2)cc(-c2ccccc2)c1N(c1ccc2c(c1)c1ccccc1c1c3ccc(N(c4ccccc4)c4cccc5c4oc4ccccc45)cc3ccc21)c1ccccc1-c1ccccc1.c1ccc(N(c2ccc3c(c2)oc2ccccc23)c2ccc3c(c2)c2ccccc2c2c4ccc(N(c5ccccc5)c5cccc6c5oc5ccccc56)cc4ccc32)cc1. The summed E-state index contributed by atoms with van der Waals surface area (Å²) in [5, 5.41) is 25.5. The minimum absolute atomic E-state index is 0.317. The third-order valence-electron chi connectivity index (χ3n) is 27.2. The lowest BCUT2D eigenvalue weighted by Crippen LogP contribution is -2.14. The molecule has 0 unspecified atom stereocenters. The molecule has 3 heterocycles. The van der Waals surface area contributed by atoms with Gasteiger partial charge in [-0.1, -0.05) is 340 Å². The third kappa shape index (κ3) is 13.3. The smallest absolute Gasteiger partial charge is 0.159 e. The van der Waals surface area contributed by atoms with Crippen LogP contribution in [0.25, 0.3) is 185 Å². The van der Waals surface area contributed by atoms with Crippen LogP contribution >= 0.6 is 0 Å². The average Bonchev–Trinajstić information content (AvgIpc) is 0.782. The van der Waals surface area contributed by atoms with Gasteiger partial charge in [0, 0.05) is 95.0 Å². The molecule has 7 nitrogen and oxygen atoms in total. The first-order valence-corrected chi connectivity index (χ1v) is 46.2. The number of benzene rings is 24. The number of hydrogen-bond acceptors (Lipinski definition) is 7. The summed E-state index contributed by atoms with van der Waals surface area (Å²) in [6.45, 7) is 0. The van der Waals surface area contributed by atoms with Gasteiger partial charge in [0.2, 0.25) is 0 Å². The van der Waals surface area contributed by atoms with Crippen molar-refractivity contribution < 1.29 is 17.6 Å². The highest BCUT2D eigenvalue weighted by atomic mass is 19.1. The molecular weight excluding hydrogens is 1660 g/mol. The van der Waals surface area contributed by atoms with Gasteiger partial charge < -0.3 is 32.9 Å². The molecule has 0 bridgehead atoms. The summed E-state index contributed by atoms with van der Waals surface area (Å²) in [5.74, 6) is -0.317. The fourth-order valence-corrected chi connectivity index (χ4v) is 21.2. The lowest BCUT2D eigenvalue weighted by molar-refractivity contribution is 0.630. The second-order valence-electron chi connectivity index (χ2n) is 34.9. The molecule has 0 atom stereocenters. The first-order chi connectivity index (χ1) is 67.4. The Bertz CT molecular complexity index is 9370. The molecule has 0 radical (unpaired) electrons. The van der Waals surface area contributed by atoms with Crippen LogP contribution in [0.4, 0.5) is 72.6 Å². The summed E-state index contributed by atoms with van der Waals surface area (Å²) >= 11 is 0. The second kappa shape index (κ2) is 32.8. The molecule has 0 aliphatic rings. The van der Waals surface area contributed by atoms with Crippen molar-refractivity contribution in [3.05, 3.63) is 497 Å². The summed E-state index contributed by atoms with van der Waals surface area (Å²) in [5.41, 5.74) is 22.3. The van der Waals surface area contributed by atoms with Crippen LogP contribution in [0.2, 0.25) is 0 Å². The van der Waals surface area contributed by atoms with E-state index in [9.17, 15) is 0 Å². The Labute approximate surface area is 782 Å². The molecule has 0 saturated heterocycles. The predicted molar refractivity (Wildman–Crippen MR) is 570 cm³/mol. The van der Waals surface area contributed by atoms with E-state index in [-0.39, 0.29) is 5.82 Å². The monoisotopic (exact) mass is 1740 g/mol. The van der Waals surface area contributed by atoms with Gasteiger partial charge in [-0.2, -0.15) is 0 Å². The first-order valence-electron chi connectivity index (χ1n) is 46.2. The van der Waals surface area contributed by atoms with Crippen molar-refractivity contribution in [2.45, 2.75) is 0 Å². The fourth-order valence-electron chi connectivity index (χ4n) is 21.2. The zero-order chi connectivity index (χ0) is 89.8. The summed E-state index contributed by atoms with van der Waals surface area (Å²) in [7, 11) is 0. The molecular formula is C128H81FN4O3. The quantitative estimate of drug-likeness (QED) is 0.0948. The van der Waals surface area contributed by atoms with Crippen LogP contribution in [0.1, 0.15) is 0 Å². The number of rotatable bonds is 15. The van der Waals surface area contributed by atoms with E-state index in [0.29, 0.717) is 5.69 Å². The van der Waals surface area contributed by atoms with Crippen molar-refractivity contribution in [3.63, 3.8) is 0 Å². The Kier molecular flexibility index (Phi) is 19.0. The maximum Gasteiger partial charge on any atom is 0.159 e. The van der Waals surface area contributed by atoms with Crippen molar-refractivity contribution in [1.29, 1.82) is 0 Å². The fraction of sp³-hybridized carbons (Fsp3) is 0. The highest BCUT2D eigenvalue weighted by Crippen LogP contribution is 2.54. The Balaban J connectivity index is 0.000000143. The minimum Gasteiger partial charge on any atom is -0.456 e. The number of furan rings is 3. The van der Waals surface area contributed by atoms with E-state index in [2.05, 4.69) is 408 Å². The van der Waals surface area contributed by atoms with Crippen molar-refractivity contribution in [2.24, 2.45) is 0 Å². The molecule has 0 fully saturated rings. The van der Waals surface area contributed by atoms with E-state index in [0.717, 1.165) is 199 Å². The van der Waals surface area contributed by atoms with E-state index in [1.54, 1.807) is 6.07 Å². The van der Waals surface area contributed by atoms with Crippen LogP contribution in [-0.2, 0) is 0 Å². The van der Waals surface area contributed by atoms with Gasteiger partial charge in [0.15, 0.2) is 11.2 Å². The number of halogens is 1. The Morgan fingerprint density at radius 3 is 0.978 bits per heavy atom. The Hall–Kier alpha value is -18.1. The molecule has 0 spiro atoms. The molecule has 638 valence electrons. The molecule has 0 aliphatic heterocycles. The second-order valence-corrected chi connectivity index (χ2v) is 34.9. The summed E-state index contributed by atoms with van der Waals surface area (Å²) in [4.78, 5) is 9.09. The van der Waals surface area contributed by atoms with Gasteiger partial charge >= 0.3 is 0 Å². The molecule has 8 heteroatoms. The normalized spacial score (nSPS) is 11.7. The molecule has 0 N–H and O–H groups in total. The molecule has 27 aromatic rings. The van der Waals surface area contributed by atoms with Crippen LogP contribution in [0.3, 0.4) is 0 Å². The number of nitrogens with zero attached hydrogens (tertiary/aromatic N) is 4. The zero-order valence-corrected chi connectivity index (χ0v) is 73.7. The summed E-state index contributed by atoms with van der Waals surface area (Å²) < 4.78 is 37.5. The molecule has 0 aliphatic carbocycles. The molecule has 0 amide bonds. The van der Waals surface area contributed by atoms with Gasteiger partial charge in [-0.05, 0) is 254 Å². The Morgan fingerprint density at radius 1 is 0.162 bits per heavy atom. The zero-order valence-electron chi connectivity index (χ0n) is 73.7. The highest BCUT2D eigenvalue weighted by molar-refractivity contribution is 6.34. The van der Waals surface area contributed by atoms with Crippen molar-refractivity contribution in [1.82, 2.24) is 0 Å². The summed E-state index contributed by atoms with van der Waals surface area (Å²) in [6, 6.07) is 173. The van der Waals surface area contributed by atoms with Gasteiger partial charge in [0.05, 0.1) is 22.7 Å². The molecule has 0 saturated carbocycles. The summed E-state index contributed by atoms with van der Waals surface area (Å²) in [6.07, 6.45) is 0. The number of fused-ring (bicyclic) bond motifs is 25. The van der Waals surface area contributed by atoms with Gasteiger partial charge in [-0.25, -0.2) is 4.39 Å². The van der Waals surface area contributed by atoms with Crippen LogP contribution in [0.15, 0.2) is 505 Å². The number of para-hydroxylation sites is 9. The minimum atomic E-state index is -0.317. The van der Waals surface area contributed by atoms with Gasteiger partial charge in [-0.15, -0.1) is 0 Å². The third-order valence-corrected chi connectivity index (χ3v) is 27.2. The van der Waals surface area contributed by atoms with Gasteiger partial charge in [0.1, 0.15) is 28.1 Å². The van der Waals surface area contributed by atoms with Crippen molar-refractivity contribution in [2.75, 3.05) is 19.6 Å². The predicted octanol–water partition coefficient (Wildman–Crippen LogP) is 37.3. The van der Waals surface area contributed by atoms with E-state index in [1.165, 1.54) is 48.5 Å². The van der Waals surface area contributed by atoms with Crippen molar-refractivity contribution in [3.8, 4) is 33.4 Å². The maximum absolute atomic E-state index is 17.9. The average molecular weight is 1740 g/mol. The van der Waals surface area contributed by atoms with Crippen LogP contribution in [-0.4, -0.2) is 0 Å². The van der Waals surface area contributed by atoms with Gasteiger partial charge in [-0.3, -0.25) is 0 Å². The van der Waals surface area contributed by atoms with E-state index in [4.69, 9.17) is 13.3 Å². The van der Waals surface area contributed by atoms with Crippen LogP contribution in [0, 0.1) is 5.82 Å². The topological polar surface area (TPSA) is 52.4 Å². The van der Waals surface area contributed by atoms with Crippen LogP contribution < -0.4 is 19.6 Å². The molecule has 24 aromatic carbocycles. The van der Waals surface area contributed by atoms with E-state index < -0.39 is 0 Å².